The van der Waals surface area contributed by atoms with Gasteiger partial charge < -0.3 is 24.4 Å². The van der Waals surface area contributed by atoms with Gasteiger partial charge in [0.15, 0.2) is 0 Å². The number of carbonyl (C=O) groups excluding carboxylic acids is 1. The van der Waals surface area contributed by atoms with Gasteiger partial charge in [-0.25, -0.2) is 0 Å². The molecule has 2 N–H and O–H groups in total. The number of rotatable bonds is 11. The summed E-state index contributed by atoms with van der Waals surface area (Å²) >= 11 is 1.98. The Hall–Kier alpha value is -1.70. The van der Waals surface area contributed by atoms with Crippen molar-refractivity contribution in [2.75, 3.05) is 13.7 Å². The average molecular weight is 479 g/mol. The third kappa shape index (κ3) is 7.94. The minimum atomic E-state index is -0.739. The molecule has 0 aromatic heterocycles. The monoisotopic (exact) mass is 478 g/mol. The van der Waals surface area contributed by atoms with Crippen molar-refractivity contribution in [3.63, 3.8) is 0 Å². The largest absolute Gasteiger partial charge is 0.497 e. The fraction of sp³-hybridized carbons (Fsp3) is 0.654. The highest BCUT2D eigenvalue weighted by atomic mass is 32.2. The van der Waals surface area contributed by atoms with Crippen LogP contribution >= 0.6 is 11.8 Å². The third-order valence-electron chi connectivity index (χ3n) is 6.37. The van der Waals surface area contributed by atoms with Crippen molar-refractivity contribution in [3.8, 4) is 11.5 Å². The molecule has 0 spiro atoms. The van der Waals surface area contributed by atoms with Crippen LogP contribution in [-0.2, 0) is 9.53 Å². The second kappa shape index (κ2) is 12.7. The first kappa shape index (κ1) is 25.9. The van der Waals surface area contributed by atoms with Gasteiger partial charge in [0.05, 0.1) is 19.3 Å². The zero-order chi connectivity index (χ0) is 23.8. The minimum Gasteiger partial charge on any atom is -0.497 e. The Labute approximate surface area is 201 Å². The van der Waals surface area contributed by atoms with E-state index in [0.717, 1.165) is 32.1 Å². The quantitative estimate of drug-likeness (QED) is 0.361. The van der Waals surface area contributed by atoms with Crippen LogP contribution in [0.4, 0.5) is 0 Å². The summed E-state index contributed by atoms with van der Waals surface area (Å²) in [6.45, 7) is 3.90. The smallest absolute Gasteiger partial charge is 0.306 e. The third-order valence-corrected chi connectivity index (χ3v) is 8.12. The number of aliphatic hydroxyl groups is 2. The summed E-state index contributed by atoms with van der Waals surface area (Å²) in [5.41, 5.74) is 0. The van der Waals surface area contributed by atoms with Crippen molar-refractivity contribution in [1.29, 1.82) is 0 Å². The summed E-state index contributed by atoms with van der Waals surface area (Å²) in [6.07, 6.45) is 7.87. The van der Waals surface area contributed by atoms with Gasteiger partial charge >= 0.3 is 5.97 Å². The molecule has 1 aromatic carbocycles. The molecular formula is C26H38O6S. The van der Waals surface area contributed by atoms with E-state index in [-0.39, 0.29) is 30.7 Å². The van der Waals surface area contributed by atoms with E-state index in [1.165, 1.54) is 0 Å². The highest BCUT2D eigenvalue weighted by Crippen LogP contribution is 2.49. The molecule has 184 valence electrons. The van der Waals surface area contributed by atoms with E-state index >= 15 is 0 Å². The van der Waals surface area contributed by atoms with E-state index < -0.39 is 6.10 Å². The molecule has 7 heteroatoms. The van der Waals surface area contributed by atoms with Crippen LogP contribution in [0.15, 0.2) is 36.4 Å². The molecular weight excluding hydrogens is 440 g/mol. The molecule has 1 aliphatic heterocycles. The highest BCUT2D eigenvalue weighted by Gasteiger charge is 2.44. The first-order valence-corrected chi connectivity index (χ1v) is 13.0. The van der Waals surface area contributed by atoms with Crippen LogP contribution in [0, 0.1) is 11.8 Å². The number of hydrogen-bond donors (Lipinski definition) is 2. The normalized spacial score (nSPS) is 28.0. The Kier molecular flexibility index (Phi) is 9.95. The van der Waals surface area contributed by atoms with Crippen LogP contribution in [0.25, 0.3) is 0 Å². The lowest BCUT2D eigenvalue weighted by molar-refractivity contribution is -0.147. The van der Waals surface area contributed by atoms with Crippen molar-refractivity contribution in [1.82, 2.24) is 0 Å². The summed E-state index contributed by atoms with van der Waals surface area (Å²) in [5.74, 6) is 1.74. The van der Waals surface area contributed by atoms with Crippen LogP contribution in [0.1, 0.15) is 52.4 Å². The highest BCUT2D eigenvalue weighted by molar-refractivity contribution is 8.00. The zero-order valence-corrected chi connectivity index (χ0v) is 20.7. The molecule has 1 aliphatic carbocycles. The molecule has 0 radical (unpaired) electrons. The first-order chi connectivity index (χ1) is 15.9. The number of thioether (sulfide) groups is 1. The minimum absolute atomic E-state index is 0.0563. The zero-order valence-electron chi connectivity index (χ0n) is 19.9. The molecule has 6 atom stereocenters. The van der Waals surface area contributed by atoms with Gasteiger partial charge in [-0.15, -0.1) is 0 Å². The van der Waals surface area contributed by atoms with Gasteiger partial charge in [0.2, 0.25) is 0 Å². The molecule has 6 nitrogen and oxygen atoms in total. The van der Waals surface area contributed by atoms with Crippen molar-refractivity contribution < 1.29 is 29.2 Å². The van der Waals surface area contributed by atoms with Gasteiger partial charge in [0.25, 0.3) is 0 Å². The molecule has 1 saturated heterocycles. The van der Waals surface area contributed by atoms with Crippen LogP contribution in [-0.4, -0.2) is 58.7 Å². The average Bonchev–Trinajstić information content (AvgIpc) is 3.10. The van der Waals surface area contributed by atoms with Crippen LogP contribution < -0.4 is 9.47 Å². The molecule has 0 bridgehead atoms. The maximum absolute atomic E-state index is 11.7. The predicted molar refractivity (Wildman–Crippen MR) is 131 cm³/mol. The standard InChI is InChI=1S/C26H38O6S/c1-17(2)32-26(29)9-5-8-21-11-13-23-22(24(28)15-25(23)33-21)12-10-18(27)16-31-20-7-4-6-19(14-20)30-3/h4,6-7,10,12,14,17-18,21-25,27-28H,5,8-9,11,13,15-16H2,1-3H3/t18-,21+,22-,23-,24-,25+/m1/s1. The number of hydrogen-bond acceptors (Lipinski definition) is 7. The Morgan fingerprint density at radius 2 is 2.06 bits per heavy atom. The van der Waals surface area contributed by atoms with Crippen LogP contribution in [0.5, 0.6) is 11.5 Å². The fourth-order valence-corrected chi connectivity index (χ4v) is 6.69. The maximum atomic E-state index is 11.7. The number of fused-ring (bicyclic) bond motifs is 1. The van der Waals surface area contributed by atoms with Crippen molar-refractivity contribution >= 4 is 17.7 Å². The Morgan fingerprint density at radius 3 is 2.82 bits per heavy atom. The predicted octanol–water partition coefficient (Wildman–Crippen LogP) is 4.37. The summed E-state index contributed by atoms with van der Waals surface area (Å²) in [6, 6.07) is 7.29. The summed E-state index contributed by atoms with van der Waals surface area (Å²) in [4.78, 5) is 11.7. The molecule has 0 unspecified atom stereocenters. The molecule has 33 heavy (non-hydrogen) atoms. The lowest BCUT2D eigenvalue weighted by atomic mass is 9.88. The number of carbonyl (C=O) groups is 1. The van der Waals surface area contributed by atoms with Crippen LogP contribution in [0.3, 0.4) is 0 Å². The maximum Gasteiger partial charge on any atom is 0.306 e. The van der Waals surface area contributed by atoms with Crippen molar-refractivity contribution in [2.24, 2.45) is 11.8 Å². The molecule has 0 amide bonds. The lowest BCUT2D eigenvalue weighted by Crippen LogP contribution is -2.27. The number of aliphatic hydroxyl groups excluding tert-OH is 2. The van der Waals surface area contributed by atoms with Gasteiger partial charge in [-0.1, -0.05) is 18.2 Å². The Balaban J connectivity index is 1.42. The molecule has 1 saturated carbocycles. The second-order valence-electron chi connectivity index (χ2n) is 9.29. The van der Waals surface area contributed by atoms with E-state index in [2.05, 4.69) is 0 Å². The Morgan fingerprint density at radius 1 is 1.27 bits per heavy atom. The number of benzene rings is 1. The molecule has 2 aliphatic rings. The van der Waals surface area contributed by atoms with E-state index in [1.54, 1.807) is 19.3 Å². The summed E-state index contributed by atoms with van der Waals surface area (Å²) in [5, 5.41) is 22.0. The topological polar surface area (TPSA) is 85.2 Å². The number of esters is 1. The Bertz CT molecular complexity index is 782. The number of ether oxygens (including phenoxy) is 3. The molecule has 2 fully saturated rings. The van der Waals surface area contributed by atoms with E-state index in [0.29, 0.717) is 34.3 Å². The summed E-state index contributed by atoms with van der Waals surface area (Å²) in [7, 11) is 1.60. The molecule has 3 rings (SSSR count). The molecule has 1 aromatic rings. The fourth-order valence-electron chi connectivity index (χ4n) is 4.80. The van der Waals surface area contributed by atoms with Gasteiger partial charge in [0.1, 0.15) is 24.2 Å². The van der Waals surface area contributed by atoms with Gasteiger partial charge in [-0.2, -0.15) is 11.8 Å². The first-order valence-electron chi connectivity index (χ1n) is 12.0. The van der Waals surface area contributed by atoms with Crippen LogP contribution in [0.2, 0.25) is 0 Å². The SMILES string of the molecule is COc1cccc(OC[C@H](O)C=C[C@@H]2[C@H]3CC[C@H](CCCC(=O)OC(C)C)S[C@H]3C[C@H]2O)c1. The van der Waals surface area contributed by atoms with E-state index in [4.69, 9.17) is 14.2 Å². The lowest BCUT2D eigenvalue weighted by Gasteiger charge is -2.33. The van der Waals surface area contributed by atoms with Gasteiger partial charge in [0, 0.05) is 28.9 Å². The van der Waals surface area contributed by atoms with Crippen molar-refractivity contribution in [3.05, 3.63) is 36.4 Å². The van der Waals surface area contributed by atoms with E-state index in [9.17, 15) is 15.0 Å². The van der Waals surface area contributed by atoms with Gasteiger partial charge in [-0.3, -0.25) is 4.79 Å². The molecule has 1 heterocycles. The van der Waals surface area contributed by atoms with Crippen molar-refractivity contribution in [2.45, 2.75) is 81.2 Å². The van der Waals surface area contributed by atoms with Gasteiger partial charge in [-0.05, 0) is 64.0 Å². The second-order valence-corrected chi connectivity index (χ2v) is 10.8. The number of methoxy groups -OCH3 is 1. The van der Waals surface area contributed by atoms with E-state index in [1.807, 2.05) is 49.9 Å². The summed E-state index contributed by atoms with van der Waals surface area (Å²) < 4.78 is 16.1.